The molecule has 3 aliphatic rings. The Morgan fingerprint density at radius 3 is 1.60 bits per heavy atom. The summed E-state index contributed by atoms with van der Waals surface area (Å²) in [5.74, 6) is 0.477. The first-order chi connectivity index (χ1) is 28.6. The third kappa shape index (κ3) is 5.46. The molecule has 278 valence electrons. The van der Waals surface area contributed by atoms with Crippen molar-refractivity contribution in [2.75, 3.05) is 4.90 Å². The molecule has 0 saturated heterocycles. The summed E-state index contributed by atoms with van der Waals surface area (Å²) in [5, 5.41) is 0. The fourth-order valence-corrected chi connectivity index (χ4v) is 11.8. The Hall–Kier alpha value is -6.35. The summed E-state index contributed by atoms with van der Waals surface area (Å²) in [6.45, 7) is 2.46. The van der Waals surface area contributed by atoms with Crippen LogP contribution in [0.1, 0.15) is 53.5 Å². The van der Waals surface area contributed by atoms with Gasteiger partial charge in [-0.15, -0.1) is 11.8 Å². The highest BCUT2D eigenvalue weighted by Gasteiger charge is 2.46. The summed E-state index contributed by atoms with van der Waals surface area (Å²) in [4.78, 5) is 3.85. The summed E-state index contributed by atoms with van der Waals surface area (Å²) >= 11 is 2.09. The van der Waals surface area contributed by atoms with Crippen LogP contribution >= 0.6 is 11.8 Å². The van der Waals surface area contributed by atoms with E-state index >= 15 is 0 Å². The molecule has 0 fully saturated rings. The molecule has 0 aromatic heterocycles. The molecule has 8 aromatic carbocycles. The summed E-state index contributed by atoms with van der Waals surface area (Å²) in [5.41, 5.74) is 17.2. The van der Waals surface area contributed by atoms with E-state index in [2.05, 4.69) is 236 Å². The lowest BCUT2D eigenvalue weighted by Gasteiger charge is -2.34. The van der Waals surface area contributed by atoms with Crippen LogP contribution in [0, 0.1) is 0 Å². The molecule has 0 radical (unpaired) electrons. The Labute approximate surface area is 346 Å². The molecule has 8 aromatic rings. The van der Waals surface area contributed by atoms with Crippen LogP contribution < -0.4 is 4.90 Å². The third-order valence-corrected chi connectivity index (χ3v) is 14.5. The highest BCUT2D eigenvalue weighted by Crippen LogP contribution is 2.60. The molecule has 58 heavy (non-hydrogen) atoms. The van der Waals surface area contributed by atoms with E-state index in [1.807, 2.05) is 0 Å². The minimum atomic E-state index is -0.435. The topological polar surface area (TPSA) is 3.24 Å². The van der Waals surface area contributed by atoms with Crippen molar-refractivity contribution < 1.29 is 0 Å². The second-order valence-corrected chi connectivity index (χ2v) is 17.7. The molecule has 2 atom stereocenters. The summed E-state index contributed by atoms with van der Waals surface area (Å²) in [6.07, 6.45) is 7.21. The number of nitrogens with zero attached hydrogens (tertiary/aromatic N) is 1. The van der Waals surface area contributed by atoms with Gasteiger partial charge in [0.1, 0.15) is 0 Å². The molecule has 1 heterocycles. The highest BCUT2D eigenvalue weighted by atomic mass is 32.2. The monoisotopic (exact) mass is 761 g/mol. The summed E-state index contributed by atoms with van der Waals surface area (Å²) in [7, 11) is 0. The lowest BCUT2D eigenvalue weighted by Crippen LogP contribution is -2.28. The number of hydrogen-bond donors (Lipinski definition) is 0. The first-order valence-electron chi connectivity index (χ1n) is 20.5. The van der Waals surface area contributed by atoms with Gasteiger partial charge < -0.3 is 4.90 Å². The van der Waals surface area contributed by atoms with Gasteiger partial charge >= 0.3 is 0 Å². The van der Waals surface area contributed by atoms with Gasteiger partial charge in [0.25, 0.3) is 0 Å². The second kappa shape index (κ2) is 13.9. The number of rotatable bonds is 7. The largest absolute Gasteiger partial charge is 0.311 e. The zero-order chi connectivity index (χ0) is 38.7. The van der Waals surface area contributed by atoms with Gasteiger partial charge in [-0.25, -0.2) is 0 Å². The Balaban J connectivity index is 1.02. The second-order valence-electron chi connectivity index (χ2n) is 16.1. The lowest BCUT2D eigenvalue weighted by atomic mass is 9.68. The van der Waals surface area contributed by atoms with E-state index in [9.17, 15) is 0 Å². The highest BCUT2D eigenvalue weighted by molar-refractivity contribution is 8.01. The summed E-state index contributed by atoms with van der Waals surface area (Å²) in [6, 6.07) is 74.1. The van der Waals surface area contributed by atoms with Crippen molar-refractivity contribution in [1.29, 1.82) is 0 Å². The molecule has 0 amide bonds. The average molecular weight is 762 g/mol. The minimum Gasteiger partial charge on any atom is -0.311 e. The molecule has 1 aliphatic heterocycles. The fraction of sp³-hybridized carbons (Fsp3) is 0.107. The van der Waals surface area contributed by atoms with Crippen LogP contribution in [-0.2, 0) is 5.41 Å². The zero-order valence-electron chi connectivity index (χ0n) is 32.6. The van der Waals surface area contributed by atoms with E-state index in [0.29, 0.717) is 5.92 Å². The van der Waals surface area contributed by atoms with E-state index in [4.69, 9.17) is 0 Å². The van der Waals surface area contributed by atoms with Gasteiger partial charge in [0, 0.05) is 32.6 Å². The maximum absolute atomic E-state index is 2.46. The van der Waals surface area contributed by atoms with Crippen molar-refractivity contribution in [3.63, 3.8) is 0 Å². The van der Waals surface area contributed by atoms with Crippen molar-refractivity contribution >= 4 is 28.8 Å². The lowest BCUT2D eigenvalue weighted by molar-refractivity contribution is 0.529. The molecular formula is C56H43NS. The first kappa shape index (κ1) is 34.9. The maximum atomic E-state index is 2.46. The number of hydrogen-bond acceptors (Lipinski definition) is 2. The van der Waals surface area contributed by atoms with E-state index in [1.165, 1.54) is 72.5 Å². The van der Waals surface area contributed by atoms with Crippen molar-refractivity contribution in [3.8, 4) is 33.4 Å². The van der Waals surface area contributed by atoms with Gasteiger partial charge in [-0.1, -0.05) is 176 Å². The van der Waals surface area contributed by atoms with Crippen molar-refractivity contribution in [2.24, 2.45) is 0 Å². The number of allylic oxidation sites excluding steroid dienone is 2. The van der Waals surface area contributed by atoms with Crippen molar-refractivity contribution in [1.82, 2.24) is 0 Å². The molecule has 11 rings (SSSR count). The van der Waals surface area contributed by atoms with Crippen LogP contribution in [0.15, 0.2) is 217 Å². The number of anilines is 3. The van der Waals surface area contributed by atoms with Gasteiger partial charge in [0.15, 0.2) is 0 Å². The van der Waals surface area contributed by atoms with Gasteiger partial charge in [-0.2, -0.15) is 0 Å². The molecule has 0 bridgehead atoms. The van der Waals surface area contributed by atoms with Crippen molar-refractivity contribution in [3.05, 3.63) is 240 Å². The van der Waals surface area contributed by atoms with E-state index in [0.717, 1.165) is 23.5 Å². The molecule has 1 nitrogen and oxygen atoms in total. The number of benzene rings is 8. The number of thioether (sulfide) groups is 1. The zero-order valence-corrected chi connectivity index (χ0v) is 33.4. The van der Waals surface area contributed by atoms with Crippen LogP contribution in [0.3, 0.4) is 0 Å². The number of fused-ring (bicyclic) bond motifs is 6. The normalized spacial score (nSPS) is 18.2. The third-order valence-electron chi connectivity index (χ3n) is 12.9. The van der Waals surface area contributed by atoms with Gasteiger partial charge in [-0.05, 0) is 117 Å². The Bertz CT molecular complexity index is 2760. The molecular weight excluding hydrogens is 719 g/mol. The summed E-state index contributed by atoms with van der Waals surface area (Å²) < 4.78 is 0.226. The molecule has 0 spiro atoms. The first-order valence-corrected chi connectivity index (χ1v) is 21.3. The fourth-order valence-electron chi connectivity index (χ4n) is 10.1. The molecule has 2 heteroatoms. The predicted molar refractivity (Wildman–Crippen MR) is 245 cm³/mol. The van der Waals surface area contributed by atoms with Crippen LogP contribution in [0.5, 0.6) is 0 Å². The SMILES string of the molecule is CC12CCC=CC1c1cccc(-c3ccc(N(c4ccc(-c5ccccc5)cc4)c4ccc(C5(c6ccccc6)c6ccccc6-c6ccccc65)cc4)cc3)c1S2. The average Bonchev–Trinajstić information content (AvgIpc) is 3.77. The smallest absolute Gasteiger partial charge is 0.0713 e. The van der Waals surface area contributed by atoms with Gasteiger partial charge in [0.2, 0.25) is 0 Å². The molecule has 0 N–H and O–H groups in total. The van der Waals surface area contributed by atoms with Gasteiger partial charge in [0.05, 0.1) is 5.41 Å². The van der Waals surface area contributed by atoms with E-state index in [1.54, 1.807) is 0 Å². The molecule has 0 saturated carbocycles. The molecule has 2 aliphatic carbocycles. The van der Waals surface area contributed by atoms with Crippen LogP contribution in [0.2, 0.25) is 0 Å². The predicted octanol–water partition coefficient (Wildman–Crippen LogP) is 15.2. The Kier molecular flexibility index (Phi) is 8.38. The van der Waals surface area contributed by atoms with Crippen molar-refractivity contribution in [2.45, 2.75) is 40.7 Å². The quantitative estimate of drug-likeness (QED) is 0.149. The van der Waals surface area contributed by atoms with Crippen LogP contribution in [0.4, 0.5) is 17.1 Å². The maximum Gasteiger partial charge on any atom is 0.0713 e. The standard InChI is InChI=1S/C56H43NS/c1-55-38-13-12-23-51(55)50-22-14-21-47(54(50)58-55)41-28-34-45(35-29-41)57(44-32-26-40(27-33-44)39-15-4-2-5-16-39)46-36-30-43(31-37-46)56(42-17-6-3-7-18-42)52-24-10-8-19-48(52)49-20-9-11-25-53(49)56/h2-12,14-37,51H,13,38H2,1H3. The Morgan fingerprint density at radius 1 is 0.466 bits per heavy atom. The Morgan fingerprint density at radius 2 is 0.966 bits per heavy atom. The minimum absolute atomic E-state index is 0.226. The van der Waals surface area contributed by atoms with Crippen LogP contribution in [0.25, 0.3) is 33.4 Å². The molecule has 2 unspecified atom stereocenters. The van der Waals surface area contributed by atoms with E-state index in [-0.39, 0.29) is 4.75 Å². The van der Waals surface area contributed by atoms with E-state index < -0.39 is 5.41 Å². The van der Waals surface area contributed by atoms with Crippen LogP contribution in [-0.4, -0.2) is 4.75 Å². The van der Waals surface area contributed by atoms with Gasteiger partial charge in [-0.3, -0.25) is 0 Å².